The lowest BCUT2D eigenvalue weighted by atomic mass is 10.0. The molecular formula is C10H22N2O3S. The standard InChI is InChI=1S/C10H22N2O3S/c1-6-9(10(13)11(2)3)7-8-16(14,15)12(4)5/h9H,6-8H2,1-5H3. The molecule has 0 radical (unpaired) electrons. The first-order chi connectivity index (χ1) is 7.22. The molecule has 0 aromatic heterocycles. The minimum Gasteiger partial charge on any atom is -0.349 e. The van der Waals surface area contributed by atoms with Gasteiger partial charge in [0.1, 0.15) is 0 Å². The number of sulfonamides is 1. The van der Waals surface area contributed by atoms with Crippen LogP contribution in [-0.4, -0.2) is 57.5 Å². The zero-order valence-electron chi connectivity index (χ0n) is 10.7. The van der Waals surface area contributed by atoms with Crippen molar-refractivity contribution in [3.8, 4) is 0 Å². The fraction of sp³-hybridized carbons (Fsp3) is 0.900. The number of nitrogens with zero attached hydrogens (tertiary/aromatic N) is 2. The lowest BCUT2D eigenvalue weighted by Gasteiger charge is -2.20. The fourth-order valence-corrected chi connectivity index (χ4v) is 2.29. The summed E-state index contributed by atoms with van der Waals surface area (Å²) >= 11 is 0. The number of hydrogen-bond acceptors (Lipinski definition) is 3. The summed E-state index contributed by atoms with van der Waals surface area (Å²) in [5.74, 6) is -0.181. The van der Waals surface area contributed by atoms with Gasteiger partial charge >= 0.3 is 0 Å². The van der Waals surface area contributed by atoms with Gasteiger partial charge in [-0.05, 0) is 12.8 Å². The molecule has 0 fully saturated rings. The van der Waals surface area contributed by atoms with Crippen molar-refractivity contribution in [3.05, 3.63) is 0 Å². The second-order valence-corrected chi connectivity index (χ2v) is 6.53. The average Bonchev–Trinajstić information content (AvgIpc) is 2.17. The summed E-state index contributed by atoms with van der Waals surface area (Å²) in [7, 11) is 3.18. The van der Waals surface area contributed by atoms with E-state index in [-0.39, 0.29) is 17.6 Å². The van der Waals surface area contributed by atoms with E-state index in [0.717, 1.165) is 0 Å². The lowest BCUT2D eigenvalue weighted by Crippen LogP contribution is -2.32. The van der Waals surface area contributed by atoms with E-state index in [2.05, 4.69) is 0 Å². The molecule has 5 nitrogen and oxygen atoms in total. The maximum absolute atomic E-state index is 11.7. The molecule has 0 aliphatic heterocycles. The normalized spacial score (nSPS) is 13.9. The smallest absolute Gasteiger partial charge is 0.225 e. The zero-order valence-corrected chi connectivity index (χ0v) is 11.5. The van der Waals surface area contributed by atoms with Crippen LogP contribution in [0.25, 0.3) is 0 Å². The molecule has 0 aromatic carbocycles. The van der Waals surface area contributed by atoms with Gasteiger partial charge in [-0.2, -0.15) is 0 Å². The van der Waals surface area contributed by atoms with Crippen molar-refractivity contribution in [3.63, 3.8) is 0 Å². The van der Waals surface area contributed by atoms with E-state index < -0.39 is 10.0 Å². The minimum atomic E-state index is -3.20. The molecule has 1 unspecified atom stereocenters. The highest BCUT2D eigenvalue weighted by atomic mass is 32.2. The third-order valence-electron chi connectivity index (χ3n) is 2.56. The van der Waals surface area contributed by atoms with Crippen LogP contribution in [0.2, 0.25) is 0 Å². The molecule has 0 heterocycles. The van der Waals surface area contributed by atoms with Crippen LogP contribution in [0.1, 0.15) is 19.8 Å². The summed E-state index contributed by atoms with van der Waals surface area (Å²) in [6, 6.07) is 0. The summed E-state index contributed by atoms with van der Waals surface area (Å²) in [6.45, 7) is 1.90. The first-order valence-electron chi connectivity index (χ1n) is 5.33. The van der Waals surface area contributed by atoms with Crippen molar-refractivity contribution >= 4 is 15.9 Å². The number of rotatable bonds is 6. The summed E-state index contributed by atoms with van der Waals surface area (Å²) in [4.78, 5) is 13.2. The molecule has 0 aliphatic rings. The van der Waals surface area contributed by atoms with Gasteiger partial charge < -0.3 is 4.90 Å². The predicted molar refractivity (Wildman–Crippen MR) is 64.6 cm³/mol. The summed E-state index contributed by atoms with van der Waals surface area (Å²) in [5.41, 5.74) is 0. The minimum absolute atomic E-state index is 0.00328. The van der Waals surface area contributed by atoms with Crippen LogP contribution < -0.4 is 0 Å². The zero-order chi connectivity index (χ0) is 12.9. The van der Waals surface area contributed by atoms with E-state index in [1.807, 2.05) is 6.92 Å². The van der Waals surface area contributed by atoms with Crippen molar-refractivity contribution in [1.82, 2.24) is 9.21 Å². The van der Waals surface area contributed by atoms with Crippen molar-refractivity contribution in [2.45, 2.75) is 19.8 Å². The Hall–Kier alpha value is -0.620. The van der Waals surface area contributed by atoms with Crippen LogP contribution in [0.4, 0.5) is 0 Å². The van der Waals surface area contributed by atoms with Gasteiger partial charge in [0.15, 0.2) is 0 Å². The third-order valence-corrected chi connectivity index (χ3v) is 4.43. The van der Waals surface area contributed by atoms with Crippen LogP contribution in [0.5, 0.6) is 0 Å². The Balaban J connectivity index is 4.43. The van der Waals surface area contributed by atoms with Gasteiger partial charge in [0, 0.05) is 34.1 Å². The van der Waals surface area contributed by atoms with E-state index in [9.17, 15) is 13.2 Å². The van der Waals surface area contributed by atoms with Crippen LogP contribution in [0, 0.1) is 5.92 Å². The molecule has 6 heteroatoms. The molecule has 0 aromatic rings. The second-order valence-electron chi connectivity index (χ2n) is 4.22. The van der Waals surface area contributed by atoms with Crippen LogP contribution >= 0.6 is 0 Å². The SMILES string of the molecule is CCC(CCS(=O)(=O)N(C)C)C(=O)N(C)C. The first-order valence-corrected chi connectivity index (χ1v) is 6.94. The number of hydrogen-bond donors (Lipinski definition) is 0. The molecule has 1 amide bonds. The third kappa shape index (κ3) is 4.49. The Bertz CT molecular complexity index is 323. The van der Waals surface area contributed by atoms with Crippen molar-refractivity contribution in [1.29, 1.82) is 0 Å². The predicted octanol–water partition coefficient (Wildman–Crippen LogP) is 0.382. The van der Waals surface area contributed by atoms with Gasteiger partial charge in [-0.3, -0.25) is 4.79 Å². The average molecular weight is 250 g/mol. The molecule has 16 heavy (non-hydrogen) atoms. The van der Waals surface area contributed by atoms with Gasteiger partial charge in [0.25, 0.3) is 0 Å². The maximum Gasteiger partial charge on any atom is 0.225 e. The van der Waals surface area contributed by atoms with Crippen LogP contribution in [-0.2, 0) is 14.8 Å². The molecule has 1 atom stereocenters. The van der Waals surface area contributed by atoms with Crippen molar-refractivity contribution in [2.24, 2.45) is 5.92 Å². The Labute approximate surface area is 98.5 Å². The van der Waals surface area contributed by atoms with Gasteiger partial charge in [-0.1, -0.05) is 6.92 Å². The molecule has 96 valence electrons. The number of carbonyl (C=O) groups excluding carboxylic acids is 1. The Morgan fingerprint density at radius 3 is 2.00 bits per heavy atom. The Morgan fingerprint density at radius 1 is 1.19 bits per heavy atom. The molecule has 0 N–H and O–H groups in total. The summed E-state index contributed by atoms with van der Waals surface area (Å²) < 4.78 is 24.3. The van der Waals surface area contributed by atoms with Gasteiger partial charge in [0.05, 0.1) is 5.75 Å². The van der Waals surface area contributed by atoms with Gasteiger partial charge in [0.2, 0.25) is 15.9 Å². The summed E-state index contributed by atoms with van der Waals surface area (Å²) in [6.07, 6.45) is 1.05. The second kappa shape index (κ2) is 6.20. The summed E-state index contributed by atoms with van der Waals surface area (Å²) in [5, 5.41) is 0. The van der Waals surface area contributed by atoms with E-state index in [0.29, 0.717) is 12.8 Å². The molecule has 0 saturated carbocycles. The lowest BCUT2D eigenvalue weighted by molar-refractivity contribution is -0.133. The monoisotopic (exact) mass is 250 g/mol. The van der Waals surface area contributed by atoms with Crippen LogP contribution in [0.3, 0.4) is 0 Å². The van der Waals surface area contributed by atoms with Crippen LogP contribution in [0.15, 0.2) is 0 Å². The maximum atomic E-state index is 11.7. The molecule has 0 bridgehead atoms. The largest absolute Gasteiger partial charge is 0.349 e. The van der Waals surface area contributed by atoms with Gasteiger partial charge in [-0.15, -0.1) is 0 Å². The highest BCUT2D eigenvalue weighted by molar-refractivity contribution is 7.89. The highest BCUT2D eigenvalue weighted by Gasteiger charge is 2.22. The topological polar surface area (TPSA) is 57.7 Å². The molecular weight excluding hydrogens is 228 g/mol. The van der Waals surface area contributed by atoms with Gasteiger partial charge in [-0.25, -0.2) is 12.7 Å². The number of amides is 1. The van der Waals surface area contributed by atoms with Crippen molar-refractivity contribution in [2.75, 3.05) is 33.9 Å². The highest BCUT2D eigenvalue weighted by Crippen LogP contribution is 2.13. The fourth-order valence-electron chi connectivity index (χ4n) is 1.34. The van der Waals surface area contributed by atoms with E-state index in [4.69, 9.17) is 0 Å². The van der Waals surface area contributed by atoms with E-state index in [1.165, 1.54) is 23.3 Å². The molecule has 0 spiro atoms. The number of carbonyl (C=O) groups is 1. The molecule has 0 rings (SSSR count). The first kappa shape index (κ1) is 15.4. The van der Waals surface area contributed by atoms with E-state index >= 15 is 0 Å². The molecule has 0 aliphatic carbocycles. The Morgan fingerprint density at radius 2 is 1.69 bits per heavy atom. The van der Waals surface area contributed by atoms with E-state index in [1.54, 1.807) is 14.1 Å². The van der Waals surface area contributed by atoms with Crippen molar-refractivity contribution < 1.29 is 13.2 Å². The molecule has 0 saturated heterocycles. The quantitative estimate of drug-likeness (QED) is 0.685. The Kier molecular flexibility index (Phi) is 5.96.